The minimum absolute atomic E-state index is 0.393. The van der Waals surface area contributed by atoms with Gasteiger partial charge in [-0.3, -0.25) is 0 Å². The highest BCUT2D eigenvalue weighted by Gasteiger charge is 2.15. The maximum Gasteiger partial charge on any atom is 0.170 e. The molecule has 3 N–H and O–H groups in total. The highest BCUT2D eigenvalue weighted by Crippen LogP contribution is 2.18. The van der Waals surface area contributed by atoms with Gasteiger partial charge < -0.3 is 16.0 Å². The molecular formula is C18H24N4S2. The number of hydrogen-bond acceptors (Lipinski definition) is 3. The average molecular weight is 361 g/mol. The predicted octanol–water partition coefficient (Wildman–Crippen LogP) is 3.43. The molecule has 0 unspecified atom stereocenters. The second-order valence-corrected chi connectivity index (χ2v) is 6.18. The van der Waals surface area contributed by atoms with Gasteiger partial charge in [-0.1, -0.05) is 49.8 Å². The number of rotatable bonds is 7. The molecule has 0 saturated heterocycles. The third-order valence-corrected chi connectivity index (χ3v) is 3.80. The summed E-state index contributed by atoms with van der Waals surface area (Å²) in [4.78, 5) is 0.432. The summed E-state index contributed by atoms with van der Waals surface area (Å²) in [5.41, 5.74) is 3.00. The van der Waals surface area contributed by atoms with Crippen LogP contribution in [0, 0.1) is 18.3 Å². The maximum atomic E-state index is 9.65. The summed E-state index contributed by atoms with van der Waals surface area (Å²) in [7, 11) is 0. The van der Waals surface area contributed by atoms with Crippen molar-refractivity contribution in [2.75, 3.05) is 13.1 Å². The Morgan fingerprint density at radius 1 is 1.12 bits per heavy atom. The van der Waals surface area contributed by atoms with Crippen LogP contribution in [0.4, 0.5) is 0 Å². The van der Waals surface area contributed by atoms with Crippen LogP contribution < -0.4 is 16.0 Å². The van der Waals surface area contributed by atoms with Crippen LogP contribution in [0.1, 0.15) is 37.8 Å². The smallest absolute Gasteiger partial charge is 0.170 e. The van der Waals surface area contributed by atoms with Gasteiger partial charge in [-0.25, -0.2) is 0 Å². The van der Waals surface area contributed by atoms with E-state index >= 15 is 0 Å². The lowest BCUT2D eigenvalue weighted by molar-refractivity contribution is 0.833. The Morgan fingerprint density at radius 3 is 2.38 bits per heavy atom. The standard InChI is InChI=1S/C18H24N4S2/c1-4-9-20-17(23)15(12-19)16(22-18(24)21-10-5-2)14-8-6-7-13(3)11-14/h6-8,11H,4-5,9-10H2,1-3H3,(H,20,23)(H2,21,22,24)/b16-15-. The number of nitrogens with zero attached hydrogens (tertiary/aromatic N) is 1. The van der Waals surface area contributed by atoms with Crippen LogP contribution in [0.15, 0.2) is 29.8 Å². The van der Waals surface area contributed by atoms with Gasteiger partial charge in [-0.05, 0) is 43.6 Å². The molecule has 0 heterocycles. The van der Waals surface area contributed by atoms with Gasteiger partial charge in [-0.2, -0.15) is 5.26 Å². The SMILES string of the molecule is CCCNC(=S)N/C(=C(/C#N)C(=S)NCCC)c1cccc(C)c1. The molecule has 0 aliphatic carbocycles. The minimum Gasteiger partial charge on any atom is -0.375 e. The first-order valence-electron chi connectivity index (χ1n) is 8.07. The Hall–Kier alpha value is -1.97. The van der Waals surface area contributed by atoms with Crippen molar-refractivity contribution in [3.8, 4) is 6.07 Å². The molecule has 0 atom stereocenters. The van der Waals surface area contributed by atoms with Crippen LogP contribution in [0.5, 0.6) is 0 Å². The van der Waals surface area contributed by atoms with Crippen molar-refractivity contribution in [2.24, 2.45) is 0 Å². The van der Waals surface area contributed by atoms with E-state index in [1.807, 2.05) is 31.2 Å². The molecule has 0 aromatic heterocycles. The van der Waals surface area contributed by atoms with Crippen molar-refractivity contribution in [1.82, 2.24) is 16.0 Å². The molecule has 0 saturated carbocycles. The Morgan fingerprint density at radius 2 is 1.79 bits per heavy atom. The van der Waals surface area contributed by atoms with Gasteiger partial charge in [0.25, 0.3) is 0 Å². The van der Waals surface area contributed by atoms with E-state index in [9.17, 15) is 5.26 Å². The Kier molecular flexibility index (Phi) is 8.98. The van der Waals surface area contributed by atoms with E-state index in [4.69, 9.17) is 24.4 Å². The third-order valence-electron chi connectivity index (χ3n) is 3.21. The van der Waals surface area contributed by atoms with Crippen LogP contribution in [-0.2, 0) is 0 Å². The van der Waals surface area contributed by atoms with Crippen LogP contribution in [-0.4, -0.2) is 23.2 Å². The van der Waals surface area contributed by atoms with Crippen molar-refractivity contribution in [3.63, 3.8) is 0 Å². The predicted molar refractivity (Wildman–Crippen MR) is 109 cm³/mol. The van der Waals surface area contributed by atoms with Crippen molar-refractivity contribution >= 4 is 40.2 Å². The molecule has 6 heteroatoms. The highest BCUT2D eigenvalue weighted by molar-refractivity contribution is 7.81. The fourth-order valence-corrected chi connectivity index (χ4v) is 2.48. The quantitative estimate of drug-likeness (QED) is 0.393. The largest absolute Gasteiger partial charge is 0.375 e. The van der Waals surface area contributed by atoms with Crippen LogP contribution in [0.3, 0.4) is 0 Å². The number of nitriles is 1. The first kappa shape index (κ1) is 20.1. The molecule has 128 valence electrons. The van der Waals surface area contributed by atoms with E-state index in [0.29, 0.717) is 21.4 Å². The molecule has 4 nitrogen and oxygen atoms in total. The van der Waals surface area contributed by atoms with Crippen molar-refractivity contribution in [1.29, 1.82) is 5.26 Å². The Balaban J connectivity index is 3.24. The van der Waals surface area contributed by atoms with Gasteiger partial charge in [0, 0.05) is 13.1 Å². The third kappa shape index (κ3) is 6.26. The summed E-state index contributed by atoms with van der Waals surface area (Å²) in [6.45, 7) is 7.62. The molecule has 0 spiro atoms. The molecular weight excluding hydrogens is 336 g/mol. The van der Waals surface area contributed by atoms with Gasteiger partial charge in [0.05, 0.1) is 5.70 Å². The number of thiocarbonyl (C=S) groups is 2. The molecule has 1 aromatic rings. The van der Waals surface area contributed by atoms with Gasteiger partial charge >= 0.3 is 0 Å². The molecule has 1 rings (SSSR count). The molecule has 0 aliphatic rings. The molecule has 0 radical (unpaired) electrons. The fraction of sp³-hybridized carbons (Fsp3) is 0.389. The first-order valence-corrected chi connectivity index (χ1v) is 8.89. The minimum atomic E-state index is 0.393. The molecule has 0 fully saturated rings. The van der Waals surface area contributed by atoms with Crippen LogP contribution in [0.2, 0.25) is 0 Å². The highest BCUT2D eigenvalue weighted by atomic mass is 32.1. The lowest BCUT2D eigenvalue weighted by Gasteiger charge is -2.17. The van der Waals surface area contributed by atoms with Gasteiger partial charge in [-0.15, -0.1) is 0 Å². The normalized spacial score (nSPS) is 11.1. The summed E-state index contributed by atoms with van der Waals surface area (Å²) < 4.78 is 0. The number of nitrogens with one attached hydrogen (secondary N) is 3. The summed E-state index contributed by atoms with van der Waals surface area (Å²) in [5, 5.41) is 19.5. The van der Waals surface area contributed by atoms with Gasteiger partial charge in [0.1, 0.15) is 16.6 Å². The summed E-state index contributed by atoms with van der Waals surface area (Å²) in [6, 6.07) is 10.1. The zero-order chi connectivity index (χ0) is 17.9. The maximum absolute atomic E-state index is 9.65. The molecule has 0 bridgehead atoms. The van der Waals surface area contributed by atoms with Crippen molar-refractivity contribution < 1.29 is 0 Å². The van der Waals surface area contributed by atoms with Crippen molar-refractivity contribution in [3.05, 3.63) is 41.0 Å². The van der Waals surface area contributed by atoms with E-state index in [1.54, 1.807) is 0 Å². The summed E-state index contributed by atoms with van der Waals surface area (Å²) >= 11 is 10.7. The van der Waals surface area contributed by atoms with Gasteiger partial charge in [0.2, 0.25) is 0 Å². The van der Waals surface area contributed by atoms with E-state index in [0.717, 1.165) is 37.1 Å². The topological polar surface area (TPSA) is 59.9 Å². The first-order chi connectivity index (χ1) is 11.5. The monoisotopic (exact) mass is 360 g/mol. The lowest BCUT2D eigenvalue weighted by atomic mass is 10.0. The number of benzene rings is 1. The molecule has 24 heavy (non-hydrogen) atoms. The van der Waals surface area contributed by atoms with E-state index in [-0.39, 0.29) is 0 Å². The summed E-state index contributed by atoms with van der Waals surface area (Å²) in [5.74, 6) is 0. The van der Waals surface area contributed by atoms with E-state index in [2.05, 4.69) is 35.9 Å². The Bertz CT molecular complexity index is 659. The zero-order valence-corrected chi connectivity index (χ0v) is 16.0. The van der Waals surface area contributed by atoms with E-state index in [1.165, 1.54) is 0 Å². The molecule has 0 aliphatic heterocycles. The fourth-order valence-electron chi connectivity index (χ4n) is 2.02. The van der Waals surface area contributed by atoms with Crippen LogP contribution >= 0.6 is 24.4 Å². The molecule has 1 aromatic carbocycles. The van der Waals surface area contributed by atoms with E-state index < -0.39 is 0 Å². The zero-order valence-electron chi connectivity index (χ0n) is 14.4. The average Bonchev–Trinajstić information content (AvgIpc) is 2.57. The Labute approximate surface area is 155 Å². The second kappa shape index (κ2) is 10.7. The number of aryl methyl sites for hydroxylation is 1. The molecule has 0 amide bonds. The summed E-state index contributed by atoms with van der Waals surface area (Å²) in [6.07, 6.45) is 1.90. The van der Waals surface area contributed by atoms with Gasteiger partial charge in [0.15, 0.2) is 5.11 Å². The number of hydrogen-bond donors (Lipinski definition) is 3. The van der Waals surface area contributed by atoms with Crippen LogP contribution in [0.25, 0.3) is 5.70 Å². The van der Waals surface area contributed by atoms with Crippen molar-refractivity contribution in [2.45, 2.75) is 33.6 Å². The second-order valence-electron chi connectivity index (χ2n) is 5.37. The lowest BCUT2D eigenvalue weighted by Crippen LogP contribution is -2.36.